The van der Waals surface area contributed by atoms with Gasteiger partial charge in [0.1, 0.15) is 0 Å². The van der Waals surface area contributed by atoms with Gasteiger partial charge in [-0.15, -0.1) is 0 Å². The van der Waals surface area contributed by atoms with Gasteiger partial charge in [0.2, 0.25) is 0 Å². The number of esters is 1. The van der Waals surface area contributed by atoms with Crippen molar-refractivity contribution in [2.24, 2.45) is 5.92 Å². The second kappa shape index (κ2) is 3.72. The molecule has 1 heterocycles. The summed E-state index contributed by atoms with van der Waals surface area (Å²) in [6.45, 7) is 4.25. The van der Waals surface area contributed by atoms with E-state index in [0.717, 1.165) is 19.5 Å². The first-order chi connectivity index (χ1) is 5.18. The van der Waals surface area contributed by atoms with Crippen LogP contribution in [-0.2, 0) is 9.53 Å². The standard InChI is InChI=1S/C8H15NO2/c1-7(10)11-6-8-3-4-9(2)5-8/h8H,3-6H2,1-2H3. The number of likely N-dealkylation sites (tertiary alicyclic amines) is 1. The second-order valence-electron chi connectivity index (χ2n) is 3.22. The van der Waals surface area contributed by atoms with Crippen molar-refractivity contribution in [1.82, 2.24) is 4.90 Å². The number of hydrogen-bond acceptors (Lipinski definition) is 3. The van der Waals surface area contributed by atoms with Crippen molar-refractivity contribution < 1.29 is 9.53 Å². The fraction of sp³-hybridized carbons (Fsp3) is 0.875. The highest BCUT2D eigenvalue weighted by atomic mass is 16.5. The maximum absolute atomic E-state index is 10.4. The molecule has 64 valence electrons. The smallest absolute Gasteiger partial charge is 0.302 e. The summed E-state index contributed by atoms with van der Waals surface area (Å²) in [5, 5.41) is 0. The van der Waals surface area contributed by atoms with Crippen molar-refractivity contribution in [2.45, 2.75) is 13.3 Å². The molecule has 0 N–H and O–H groups in total. The second-order valence-corrected chi connectivity index (χ2v) is 3.22. The Labute approximate surface area is 67.3 Å². The predicted molar refractivity (Wildman–Crippen MR) is 42.2 cm³/mol. The van der Waals surface area contributed by atoms with E-state index < -0.39 is 0 Å². The summed E-state index contributed by atoms with van der Waals surface area (Å²) in [6.07, 6.45) is 1.16. The monoisotopic (exact) mass is 157 g/mol. The van der Waals surface area contributed by atoms with Gasteiger partial charge in [-0.25, -0.2) is 0 Å². The Balaban J connectivity index is 2.13. The van der Waals surface area contributed by atoms with Gasteiger partial charge in [-0.1, -0.05) is 0 Å². The Morgan fingerprint density at radius 2 is 2.45 bits per heavy atom. The van der Waals surface area contributed by atoms with Crippen molar-refractivity contribution in [3.63, 3.8) is 0 Å². The van der Waals surface area contributed by atoms with Gasteiger partial charge in [0.25, 0.3) is 0 Å². The van der Waals surface area contributed by atoms with Crippen LogP contribution in [0.5, 0.6) is 0 Å². The van der Waals surface area contributed by atoms with Crippen molar-refractivity contribution in [3.8, 4) is 0 Å². The van der Waals surface area contributed by atoms with Crippen LogP contribution in [-0.4, -0.2) is 37.6 Å². The van der Waals surface area contributed by atoms with E-state index in [1.165, 1.54) is 6.92 Å². The van der Waals surface area contributed by atoms with E-state index in [9.17, 15) is 4.79 Å². The quantitative estimate of drug-likeness (QED) is 0.547. The molecule has 0 aromatic heterocycles. The molecule has 0 aromatic rings. The lowest BCUT2D eigenvalue weighted by molar-refractivity contribution is -0.142. The molecule has 11 heavy (non-hydrogen) atoms. The number of hydrogen-bond donors (Lipinski definition) is 0. The molecule has 1 aliphatic heterocycles. The van der Waals surface area contributed by atoms with E-state index in [4.69, 9.17) is 4.74 Å². The van der Waals surface area contributed by atoms with Crippen LogP contribution in [0.4, 0.5) is 0 Å². The Bertz CT molecular complexity index is 147. The summed E-state index contributed by atoms with van der Waals surface area (Å²) in [5.74, 6) is 0.392. The van der Waals surface area contributed by atoms with Crippen LogP contribution in [0.1, 0.15) is 13.3 Å². The minimum absolute atomic E-state index is 0.167. The molecule has 0 saturated carbocycles. The summed E-state index contributed by atoms with van der Waals surface area (Å²) < 4.78 is 4.91. The Morgan fingerprint density at radius 1 is 1.73 bits per heavy atom. The highest BCUT2D eigenvalue weighted by molar-refractivity contribution is 5.65. The molecule has 3 heteroatoms. The van der Waals surface area contributed by atoms with Crippen LogP contribution in [0.15, 0.2) is 0 Å². The van der Waals surface area contributed by atoms with Crippen LogP contribution in [0.25, 0.3) is 0 Å². The van der Waals surface area contributed by atoms with Crippen LogP contribution in [0.3, 0.4) is 0 Å². The van der Waals surface area contributed by atoms with Gasteiger partial charge in [-0.3, -0.25) is 4.79 Å². The third kappa shape index (κ3) is 2.89. The summed E-state index contributed by atoms with van der Waals surface area (Å²) in [5.41, 5.74) is 0. The molecule has 1 rings (SSSR count). The average Bonchev–Trinajstić information content (AvgIpc) is 2.31. The summed E-state index contributed by atoms with van der Waals surface area (Å²) >= 11 is 0. The summed E-state index contributed by atoms with van der Waals surface area (Å²) in [6, 6.07) is 0. The van der Waals surface area contributed by atoms with Gasteiger partial charge in [0, 0.05) is 19.4 Å². The lowest BCUT2D eigenvalue weighted by atomic mass is 10.1. The molecule has 1 fully saturated rings. The Kier molecular flexibility index (Phi) is 2.88. The normalized spacial score (nSPS) is 25.5. The van der Waals surface area contributed by atoms with Crippen LogP contribution in [0, 0.1) is 5.92 Å². The largest absolute Gasteiger partial charge is 0.466 e. The van der Waals surface area contributed by atoms with Gasteiger partial charge < -0.3 is 9.64 Å². The predicted octanol–water partition coefficient (Wildman–Crippen LogP) is 0.501. The maximum Gasteiger partial charge on any atom is 0.302 e. The minimum atomic E-state index is -0.167. The lowest BCUT2D eigenvalue weighted by Gasteiger charge is -2.09. The molecule has 0 spiro atoms. The van der Waals surface area contributed by atoms with Gasteiger partial charge in [-0.05, 0) is 20.0 Å². The zero-order valence-electron chi connectivity index (χ0n) is 7.17. The molecule has 1 unspecified atom stereocenters. The van der Waals surface area contributed by atoms with Gasteiger partial charge in [-0.2, -0.15) is 0 Å². The maximum atomic E-state index is 10.4. The van der Waals surface area contributed by atoms with Gasteiger partial charge >= 0.3 is 5.97 Å². The zero-order valence-corrected chi connectivity index (χ0v) is 7.17. The van der Waals surface area contributed by atoms with Crippen molar-refractivity contribution in [1.29, 1.82) is 0 Å². The third-order valence-corrected chi connectivity index (χ3v) is 2.01. The summed E-state index contributed by atoms with van der Waals surface area (Å²) in [7, 11) is 2.09. The molecule has 3 nitrogen and oxygen atoms in total. The average molecular weight is 157 g/mol. The molecule has 1 aliphatic rings. The van der Waals surface area contributed by atoms with Gasteiger partial charge in [0.05, 0.1) is 6.61 Å². The zero-order chi connectivity index (χ0) is 8.27. The third-order valence-electron chi connectivity index (χ3n) is 2.01. The van der Waals surface area contributed by atoms with Crippen molar-refractivity contribution in [2.75, 3.05) is 26.7 Å². The highest BCUT2D eigenvalue weighted by Gasteiger charge is 2.19. The van der Waals surface area contributed by atoms with Gasteiger partial charge in [0.15, 0.2) is 0 Å². The first-order valence-electron chi connectivity index (χ1n) is 4.00. The SMILES string of the molecule is CC(=O)OCC1CCN(C)C1. The first-order valence-corrected chi connectivity index (χ1v) is 4.00. The number of nitrogens with zero attached hydrogens (tertiary/aromatic N) is 1. The van der Waals surface area contributed by atoms with Crippen LogP contribution < -0.4 is 0 Å². The lowest BCUT2D eigenvalue weighted by Crippen LogP contribution is -2.17. The molecule has 0 aliphatic carbocycles. The number of carbonyl (C=O) groups is 1. The fourth-order valence-electron chi connectivity index (χ4n) is 1.40. The molecule has 0 radical (unpaired) electrons. The van der Waals surface area contributed by atoms with Crippen molar-refractivity contribution >= 4 is 5.97 Å². The van der Waals surface area contributed by atoms with E-state index in [2.05, 4.69) is 11.9 Å². The topological polar surface area (TPSA) is 29.5 Å². The highest BCUT2D eigenvalue weighted by Crippen LogP contribution is 2.13. The van der Waals surface area contributed by atoms with E-state index in [-0.39, 0.29) is 5.97 Å². The van der Waals surface area contributed by atoms with E-state index >= 15 is 0 Å². The molecule has 0 amide bonds. The Hall–Kier alpha value is -0.570. The van der Waals surface area contributed by atoms with E-state index in [0.29, 0.717) is 12.5 Å². The Morgan fingerprint density at radius 3 is 2.91 bits per heavy atom. The number of carbonyl (C=O) groups excluding carboxylic acids is 1. The fourth-order valence-corrected chi connectivity index (χ4v) is 1.40. The number of rotatable bonds is 2. The number of ether oxygens (including phenoxy) is 1. The molecule has 1 saturated heterocycles. The van der Waals surface area contributed by atoms with E-state index in [1.807, 2.05) is 0 Å². The van der Waals surface area contributed by atoms with Crippen LogP contribution >= 0.6 is 0 Å². The minimum Gasteiger partial charge on any atom is -0.466 e. The molecular formula is C8H15NO2. The molecule has 0 aromatic carbocycles. The van der Waals surface area contributed by atoms with E-state index in [1.54, 1.807) is 0 Å². The first kappa shape index (κ1) is 8.53. The molecular weight excluding hydrogens is 142 g/mol. The molecule has 1 atom stereocenters. The van der Waals surface area contributed by atoms with Crippen molar-refractivity contribution in [3.05, 3.63) is 0 Å². The summed E-state index contributed by atoms with van der Waals surface area (Å²) in [4.78, 5) is 12.7. The van der Waals surface area contributed by atoms with Crippen LogP contribution in [0.2, 0.25) is 0 Å². The molecule has 0 bridgehead atoms.